The van der Waals surface area contributed by atoms with Crippen LogP contribution in [-0.4, -0.2) is 12.5 Å². The van der Waals surface area contributed by atoms with E-state index in [2.05, 4.69) is 35.6 Å². The van der Waals surface area contributed by atoms with Gasteiger partial charge in [0.15, 0.2) is 0 Å². The van der Waals surface area contributed by atoms with Crippen molar-refractivity contribution in [2.24, 2.45) is 0 Å². The first-order valence-electron chi connectivity index (χ1n) is 7.57. The molecule has 1 aromatic rings. The van der Waals surface area contributed by atoms with E-state index < -0.39 is 0 Å². The van der Waals surface area contributed by atoms with Gasteiger partial charge in [-0.2, -0.15) is 0 Å². The van der Waals surface area contributed by atoms with Gasteiger partial charge in [-0.3, -0.25) is 4.79 Å². The number of unbranched alkanes of at least 4 members (excludes halogenated alkanes) is 6. The maximum Gasteiger partial charge on any atom is 0.216 e. The summed E-state index contributed by atoms with van der Waals surface area (Å²) < 4.78 is 0. The highest BCUT2D eigenvalue weighted by Gasteiger charge is 1.94. The van der Waals surface area contributed by atoms with Crippen molar-refractivity contribution >= 4 is 5.91 Å². The molecule has 0 saturated carbocycles. The molecule has 0 atom stereocenters. The van der Waals surface area contributed by atoms with Crippen molar-refractivity contribution in [2.45, 2.75) is 58.3 Å². The summed E-state index contributed by atoms with van der Waals surface area (Å²) in [6, 6.07) is 10.7. The van der Waals surface area contributed by atoms with E-state index in [-0.39, 0.29) is 5.91 Å². The Morgan fingerprint density at radius 1 is 0.895 bits per heavy atom. The van der Waals surface area contributed by atoms with Crippen LogP contribution in [-0.2, 0) is 11.2 Å². The highest BCUT2D eigenvalue weighted by atomic mass is 16.1. The monoisotopic (exact) mass is 261 g/mol. The zero-order valence-electron chi connectivity index (χ0n) is 12.2. The van der Waals surface area contributed by atoms with Crippen molar-refractivity contribution in [3.8, 4) is 0 Å². The Kier molecular flexibility index (Phi) is 8.78. The van der Waals surface area contributed by atoms with Crippen LogP contribution >= 0.6 is 0 Å². The summed E-state index contributed by atoms with van der Waals surface area (Å²) in [7, 11) is 0. The van der Waals surface area contributed by atoms with Crippen LogP contribution in [0.25, 0.3) is 0 Å². The summed E-state index contributed by atoms with van der Waals surface area (Å²) in [6.45, 7) is 2.41. The van der Waals surface area contributed by atoms with Gasteiger partial charge in [0.05, 0.1) is 0 Å². The fraction of sp³-hybridized carbons (Fsp3) is 0.588. The van der Waals surface area contributed by atoms with Gasteiger partial charge in [0.25, 0.3) is 0 Å². The lowest BCUT2D eigenvalue weighted by molar-refractivity contribution is -0.118. The lowest BCUT2D eigenvalue weighted by Gasteiger charge is -2.03. The van der Waals surface area contributed by atoms with Crippen molar-refractivity contribution < 1.29 is 4.79 Å². The minimum absolute atomic E-state index is 0.0842. The number of aryl methyl sites for hydroxylation is 1. The summed E-state index contributed by atoms with van der Waals surface area (Å²) >= 11 is 0. The molecule has 0 aliphatic carbocycles. The summed E-state index contributed by atoms with van der Waals surface area (Å²) in [4.78, 5) is 10.7. The Morgan fingerprint density at radius 3 is 2.11 bits per heavy atom. The zero-order chi connectivity index (χ0) is 13.8. The van der Waals surface area contributed by atoms with Gasteiger partial charge in [0, 0.05) is 13.5 Å². The molecule has 0 aliphatic heterocycles. The fourth-order valence-corrected chi connectivity index (χ4v) is 2.25. The van der Waals surface area contributed by atoms with Crippen LogP contribution in [0.2, 0.25) is 0 Å². The van der Waals surface area contributed by atoms with E-state index in [9.17, 15) is 4.79 Å². The predicted octanol–water partition coefficient (Wildman–Crippen LogP) is 4.10. The Labute approximate surface area is 117 Å². The molecule has 0 spiro atoms. The maximum absolute atomic E-state index is 10.7. The minimum atomic E-state index is 0.0842. The molecule has 1 N–H and O–H groups in total. The first-order chi connectivity index (χ1) is 9.29. The summed E-state index contributed by atoms with van der Waals surface area (Å²) in [6.07, 6.45) is 10.2. The molecule has 0 radical (unpaired) electrons. The second-order valence-corrected chi connectivity index (χ2v) is 5.19. The topological polar surface area (TPSA) is 29.1 Å². The normalized spacial score (nSPS) is 10.4. The molecular weight excluding hydrogens is 234 g/mol. The third kappa shape index (κ3) is 9.29. The molecule has 19 heavy (non-hydrogen) atoms. The smallest absolute Gasteiger partial charge is 0.216 e. The van der Waals surface area contributed by atoms with Crippen LogP contribution in [0.3, 0.4) is 0 Å². The lowest BCUT2D eigenvalue weighted by atomic mass is 10.0. The van der Waals surface area contributed by atoms with Gasteiger partial charge in [0.2, 0.25) is 5.91 Å². The zero-order valence-corrected chi connectivity index (χ0v) is 12.2. The number of carbonyl (C=O) groups excluding carboxylic acids is 1. The number of amides is 1. The standard InChI is InChI=1S/C17H27NO/c1-16(19)18-15-11-6-4-2-3-5-8-12-17-13-9-7-10-14-17/h7,9-10,13-14H,2-6,8,11-12,15H2,1H3,(H,18,19). The van der Waals surface area contributed by atoms with Crippen LogP contribution in [0.5, 0.6) is 0 Å². The van der Waals surface area contributed by atoms with Gasteiger partial charge < -0.3 is 5.32 Å². The Bertz CT molecular complexity index is 334. The van der Waals surface area contributed by atoms with Crippen LogP contribution < -0.4 is 5.32 Å². The van der Waals surface area contributed by atoms with E-state index in [4.69, 9.17) is 0 Å². The van der Waals surface area contributed by atoms with Crippen molar-refractivity contribution in [2.75, 3.05) is 6.54 Å². The predicted molar refractivity (Wildman–Crippen MR) is 81.1 cm³/mol. The number of hydrogen-bond donors (Lipinski definition) is 1. The van der Waals surface area contributed by atoms with Gasteiger partial charge in [-0.1, -0.05) is 62.4 Å². The van der Waals surface area contributed by atoms with Crippen molar-refractivity contribution in [3.63, 3.8) is 0 Å². The third-order valence-electron chi connectivity index (χ3n) is 3.36. The van der Waals surface area contributed by atoms with Crippen LogP contribution in [0.4, 0.5) is 0 Å². The molecule has 2 nitrogen and oxygen atoms in total. The second kappa shape index (κ2) is 10.6. The van der Waals surface area contributed by atoms with Crippen LogP contribution in [0.1, 0.15) is 57.4 Å². The second-order valence-electron chi connectivity index (χ2n) is 5.19. The van der Waals surface area contributed by atoms with Gasteiger partial charge in [-0.25, -0.2) is 0 Å². The number of nitrogens with one attached hydrogen (secondary N) is 1. The number of benzene rings is 1. The first kappa shape index (κ1) is 15.7. The Hall–Kier alpha value is -1.31. The number of carbonyl (C=O) groups is 1. The molecule has 1 rings (SSSR count). The van der Waals surface area contributed by atoms with Gasteiger partial charge >= 0.3 is 0 Å². The summed E-state index contributed by atoms with van der Waals surface area (Å²) in [5, 5.41) is 2.84. The first-order valence-corrected chi connectivity index (χ1v) is 7.57. The Morgan fingerprint density at radius 2 is 1.47 bits per heavy atom. The van der Waals surface area contributed by atoms with E-state index in [1.165, 1.54) is 50.5 Å². The minimum Gasteiger partial charge on any atom is -0.356 e. The van der Waals surface area contributed by atoms with E-state index in [0.29, 0.717) is 0 Å². The maximum atomic E-state index is 10.7. The van der Waals surface area contributed by atoms with Crippen molar-refractivity contribution in [1.82, 2.24) is 5.32 Å². The molecule has 0 aromatic heterocycles. The lowest BCUT2D eigenvalue weighted by Crippen LogP contribution is -2.20. The van der Waals surface area contributed by atoms with Crippen molar-refractivity contribution in [1.29, 1.82) is 0 Å². The molecular formula is C17H27NO. The molecule has 1 amide bonds. The quantitative estimate of drug-likeness (QED) is 0.631. The molecule has 1 aromatic carbocycles. The molecule has 106 valence electrons. The van der Waals surface area contributed by atoms with Crippen LogP contribution in [0.15, 0.2) is 30.3 Å². The molecule has 0 fully saturated rings. The van der Waals surface area contributed by atoms with Gasteiger partial charge in [0.1, 0.15) is 0 Å². The largest absolute Gasteiger partial charge is 0.356 e. The summed E-state index contributed by atoms with van der Waals surface area (Å²) in [5.41, 5.74) is 1.46. The molecule has 0 saturated heterocycles. The molecule has 0 bridgehead atoms. The van der Waals surface area contributed by atoms with Crippen LogP contribution in [0, 0.1) is 0 Å². The van der Waals surface area contributed by atoms with E-state index in [0.717, 1.165) is 13.0 Å². The fourth-order valence-electron chi connectivity index (χ4n) is 2.25. The molecule has 0 aliphatic rings. The van der Waals surface area contributed by atoms with Gasteiger partial charge in [-0.05, 0) is 24.8 Å². The SMILES string of the molecule is CC(=O)NCCCCCCCCCc1ccccc1. The summed E-state index contributed by atoms with van der Waals surface area (Å²) in [5.74, 6) is 0.0842. The number of hydrogen-bond acceptors (Lipinski definition) is 1. The number of rotatable bonds is 10. The van der Waals surface area contributed by atoms with E-state index in [1.807, 2.05) is 0 Å². The highest BCUT2D eigenvalue weighted by Crippen LogP contribution is 2.10. The van der Waals surface area contributed by atoms with E-state index >= 15 is 0 Å². The average molecular weight is 261 g/mol. The molecule has 0 heterocycles. The van der Waals surface area contributed by atoms with Crippen molar-refractivity contribution in [3.05, 3.63) is 35.9 Å². The van der Waals surface area contributed by atoms with Gasteiger partial charge in [-0.15, -0.1) is 0 Å². The highest BCUT2D eigenvalue weighted by molar-refractivity contribution is 5.72. The molecule has 2 heteroatoms. The third-order valence-corrected chi connectivity index (χ3v) is 3.36. The molecule has 0 unspecified atom stereocenters. The Balaban J connectivity index is 1.83. The average Bonchev–Trinajstić information content (AvgIpc) is 2.42. The van der Waals surface area contributed by atoms with E-state index in [1.54, 1.807) is 6.92 Å².